The van der Waals surface area contributed by atoms with Gasteiger partial charge in [0.2, 0.25) is 40.1 Å². The molecule has 0 aliphatic carbocycles. The number of rotatable bonds is 27. The Bertz CT molecular complexity index is 5400. The monoisotopic (exact) mass is 2070 g/mol. The lowest BCUT2D eigenvalue weighted by Crippen LogP contribution is -2.34. The molecule has 0 saturated heterocycles. The normalized spacial score (nSPS) is 10.9. The van der Waals surface area contributed by atoms with Gasteiger partial charge in [0.05, 0.1) is 127 Å². The quantitative estimate of drug-likeness (QED) is 0.0452. The number of hydrogen-bond donors (Lipinski definition) is 2. The Morgan fingerprint density at radius 1 is 0.381 bits per heavy atom. The summed E-state index contributed by atoms with van der Waals surface area (Å²) in [7, 11) is -4.59. The number of carboxylic acids is 1. The minimum absolute atomic E-state index is 0.0314. The Balaban J connectivity index is 0.000000239. The predicted octanol–water partition coefficient (Wildman–Crippen LogP) is 15.3. The van der Waals surface area contributed by atoms with E-state index in [2.05, 4.69) is 56.0 Å². The zero-order chi connectivity index (χ0) is 83.4. The van der Waals surface area contributed by atoms with E-state index in [1.54, 1.807) is 175 Å². The van der Waals surface area contributed by atoms with Crippen LogP contribution < -0.4 is 46.1 Å². The summed E-state index contributed by atoms with van der Waals surface area (Å²) in [5.74, 6) is 2.30. The first-order chi connectivity index (χ1) is 53.4. The van der Waals surface area contributed by atoms with E-state index >= 15 is 0 Å². The molecule has 1 amide bonds. The largest absolute Gasteiger partial charge is 0.497 e. The number of hydrogen-bond acceptors (Lipinski definition) is 18. The van der Waals surface area contributed by atoms with E-state index in [1.165, 1.54) is 32.9 Å². The third-order valence-corrected chi connectivity index (χ3v) is 22.8. The number of methoxy groups -OCH3 is 6. The van der Waals surface area contributed by atoms with Crippen LogP contribution in [0.2, 0.25) is 0 Å². The van der Waals surface area contributed by atoms with E-state index in [0.29, 0.717) is 74.5 Å². The summed E-state index contributed by atoms with van der Waals surface area (Å²) < 4.78 is 150. The van der Waals surface area contributed by atoms with Gasteiger partial charge in [-0.15, -0.1) is 0 Å². The molecule has 0 bridgehead atoms. The standard InChI is InChI=1S/C32H33IN2O6S.C16H15IN2O3S.C16H16INO5S.C9H13NO3S.C7H3FIN/c1-39-27-12-5-23(6-13-27)20-34(21-24-7-14-28(40-2)15-8-24)32(36)30-19-26(33)11-18-31(30)35(42(4,37)38)22-25-9-16-29(41-3)17-10-25;1-22-15-6-3-12(4-7-15)11-19(23(2,20)21)16-8-5-14(17)9-13(16)10-18;1-23-13-6-3-11(4-7-13)10-18(24(2,21)22)15-8-5-12(17)9-14(15)16(19)20;1-13-9-5-3-8(4-6-9)7-10-14(2,11)12;8-7-2-1-6(9)3-5(7)4-10/h5-19H,20-22H2,1-4H3;3-9H,11H2,1-2H3;3-9H,10H2,1-2H3,(H,19,20);3-6,10H,7H2,1-2H3;1-3H. The molecule has 10 aromatic rings. The molecule has 0 heterocycles. The molecule has 596 valence electrons. The van der Waals surface area contributed by atoms with Crippen LogP contribution in [0.5, 0.6) is 34.5 Å². The van der Waals surface area contributed by atoms with Gasteiger partial charge in [0.25, 0.3) is 5.91 Å². The first-order valence-electron chi connectivity index (χ1n) is 33.2. The van der Waals surface area contributed by atoms with E-state index in [-0.39, 0.29) is 42.4 Å². The molecule has 0 unspecified atom stereocenters. The third-order valence-electron chi connectivity index (χ3n) is 16.0. The summed E-state index contributed by atoms with van der Waals surface area (Å²) in [6.07, 6.45) is 4.47. The summed E-state index contributed by atoms with van der Waals surface area (Å²) >= 11 is 8.24. The van der Waals surface area contributed by atoms with Gasteiger partial charge >= 0.3 is 5.97 Å². The maximum Gasteiger partial charge on any atom is 0.337 e. The van der Waals surface area contributed by atoms with E-state index < -0.39 is 51.9 Å². The minimum Gasteiger partial charge on any atom is -0.497 e. The van der Waals surface area contributed by atoms with Gasteiger partial charge in [0.15, 0.2) is 0 Å². The molecule has 113 heavy (non-hydrogen) atoms. The molecule has 10 rings (SSSR count). The highest BCUT2D eigenvalue weighted by Gasteiger charge is 2.29. The van der Waals surface area contributed by atoms with Gasteiger partial charge in [0.1, 0.15) is 52.5 Å². The molecule has 33 heteroatoms. The first-order valence-corrected chi connectivity index (χ1v) is 45.0. The molecule has 24 nitrogen and oxygen atoms in total. The molecular formula is C80H80FI4N7O17S4. The van der Waals surface area contributed by atoms with E-state index in [1.807, 2.05) is 118 Å². The number of amides is 1. The van der Waals surface area contributed by atoms with Crippen molar-refractivity contribution in [1.82, 2.24) is 9.62 Å². The molecule has 0 atom stereocenters. The molecule has 2 N–H and O–H groups in total. The molecule has 10 aromatic carbocycles. The zero-order valence-electron chi connectivity index (χ0n) is 62.7. The number of nitrogens with one attached hydrogen (secondary N) is 1. The van der Waals surface area contributed by atoms with Crippen molar-refractivity contribution in [1.29, 1.82) is 10.5 Å². The molecule has 0 aliphatic heterocycles. The second kappa shape index (κ2) is 44.0. The highest BCUT2D eigenvalue weighted by Crippen LogP contribution is 2.33. The fourth-order valence-electron chi connectivity index (χ4n) is 10.3. The Morgan fingerprint density at radius 3 is 0.938 bits per heavy atom. The number of benzene rings is 10. The van der Waals surface area contributed by atoms with E-state index in [9.17, 15) is 58.0 Å². The topological polar surface area (TPSA) is 319 Å². The van der Waals surface area contributed by atoms with Crippen molar-refractivity contribution in [3.05, 3.63) is 294 Å². The van der Waals surface area contributed by atoms with Crippen LogP contribution in [0.4, 0.5) is 21.5 Å². The van der Waals surface area contributed by atoms with Crippen LogP contribution in [0, 0.1) is 42.8 Å². The van der Waals surface area contributed by atoms with Crippen LogP contribution in [-0.2, 0) is 79.4 Å². The Labute approximate surface area is 714 Å². The van der Waals surface area contributed by atoms with Gasteiger partial charge < -0.3 is 38.4 Å². The fraction of sp³-hybridized carbons (Fsp3) is 0.200. The van der Waals surface area contributed by atoms with Gasteiger partial charge in [-0.3, -0.25) is 17.7 Å². The number of nitrogens with zero attached hydrogens (tertiary/aromatic N) is 6. The second-order valence-corrected chi connectivity index (χ2v) is 36.8. The maximum absolute atomic E-state index is 14.4. The van der Waals surface area contributed by atoms with E-state index in [0.717, 1.165) is 79.2 Å². The predicted molar refractivity (Wildman–Crippen MR) is 469 cm³/mol. The molecule has 0 spiro atoms. The minimum atomic E-state index is -3.76. The highest BCUT2D eigenvalue weighted by molar-refractivity contribution is 14.1. The number of carboxylic acid groups (broad SMARTS) is 1. The van der Waals surface area contributed by atoms with Crippen molar-refractivity contribution >= 4 is 159 Å². The summed E-state index contributed by atoms with van der Waals surface area (Å²) in [4.78, 5) is 27.6. The number of sulfonamides is 4. The Hall–Kier alpha value is -9.07. The number of ether oxygens (including phenoxy) is 6. The molecular weight excluding hydrogens is 1990 g/mol. The molecule has 0 aliphatic rings. The van der Waals surface area contributed by atoms with Crippen molar-refractivity contribution in [3.8, 4) is 46.6 Å². The van der Waals surface area contributed by atoms with Crippen LogP contribution >= 0.6 is 90.4 Å². The number of halogens is 5. The van der Waals surface area contributed by atoms with Gasteiger partial charge in [-0.2, -0.15) is 10.5 Å². The lowest BCUT2D eigenvalue weighted by Gasteiger charge is -2.28. The average molecular weight is 2070 g/mol. The Morgan fingerprint density at radius 2 is 0.646 bits per heavy atom. The van der Waals surface area contributed by atoms with Crippen LogP contribution in [0.15, 0.2) is 218 Å². The number of carbonyl (C=O) groups excluding carboxylic acids is 1. The van der Waals surface area contributed by atoms with E-state index in [4.69, 9.17) is 33.7 Å². The maximum atomic E-state index is 14.4. The first kappa shape index (κ1) is 92.8. The van der Waals surface area contributed by atoms with Crippen LogP contribution in [-0.4, -0.2) is 123 Å². The van der Waals surface area contributed by atoms with Crippen molar-refractivity contribution in [3.63, 3.8) is 0 Å². The van der Waals surface area contributed by atoms with Gasteiger partial charge in [-0.05, 0) is 269 Å². The third kappa shape index (κ3) is 30.0. The van der Waals surface area contributed by atoms with Crippen molar-refractivity contribution in [2.24, 2.45) is 0 Å². The van der Waals surface area contributed by atoms with Gasteiger partial charge in [0, 0.05) is 33.9 Å². The SMILES string of the molecule is COc1ccc(CN(Cc2ccc(OC)cc2)C(=O)c2cc(I)ccc2N(Cc2ccc(OC)cc2)S(C)(=O)=O)cc1.COc1ccc(CN(c2ccc(I)cc2C#N)S(C)(=O)=O)cc1.COc1ccc(CN(c2ccc(I)cc2C(=O)O)S(C)(=O)=O)cc1.COc1ccc(CNS(C)(=O)=O)cc1.N#Cc1cc(I)ccc1F. The number of nitriles is 2. The summed E-state index contributed by atoms with van der Waals surface area (Å²) in [5.41, 5.74) is 6.50. The number of aromatic carboxylic acids is 1. The van der Waals surface area contributed by atoms with Crippen LogP contribution in [0.25, 0.3) is 0 Å². The molecule has 0 radical (unpaired) electrons. The number of anilines is 3. The van der Waals surface area contributed by atoms with Crippen molar-refractivity contribution < 1.29 is 81.2 Å². The highest BCUT2D eigenvalue weighted by atomic mass is 127. The Kier molecular flexibility index (Phi) is 36.1. The van der Waals surface area contributed by atoms with Crippen LogP contribution in [0.1, 0.15) is 65.2 Å². The zero-order valence-corrected chi connectivity index (χ0v) is 74.6. The lowest BCUT2D eigenvalue weighted by atomic mass is 10.1. The van der Waals surface area contributed by atoms with Gasteiger partial charge in [-0.1, -0.05) is 72.8 Å². The van der Waals surface area contributed by atoms with Crippen molar-refractivity contribution in [2.45, 2.75) is 39.3 Å². The average Bonchev–Trinajstić information content (AvgIpc) is 0.890. The summed E-state index contributed by atoms with van der Waals surface area (Å²) in [6, 6.07) is 66.7. The molecule has 0 aromatic heterocycles. The lowest BCUT2D eigenvalue weighted by molar-refractivity contribution is 0.0695. The molecule has 0 fully saturated rings. The summed E-state index contributed by atoms with van der Waals surface area (Å²) in [6.45, 7) is 1.15. The smallest absolute Gasteiger partial charge is 0.337 e. The van der Waals surface area contributed by atoms with Gasteiger partial charge in [-0.25, -0.2) is 47.6 Å². The molecule has 0 saturated carbocycles. The van der Waals surface area contributed by atoms with Crippen molar-refractivity contribution in [2.75, 3.05) is 80.6 Å². The second-order valence-electron chi connectivity index (χ2n) is 24.3. The van der Waals surface area contributed by atoms with Crippen LogP contribution in [0.3, 0.4) is 0 Å². The fourth-order valence-corrected chi connectivity index (χ4v) is 15.4. The number of carbonyl (C=O) groups is 2. The summed E-state index contributed by atoms with van der Waals surface area (Å²) in [5, 5.41) is 27.0.